The molecule has 90 valence electrons. The van der Waals surface area contributed by atoms with Crippen molar-refractivity contribution in [3.05, 3.63) is 0 Å². The van der Waals surface area contributed by atoms with Crippen LogP contribution in [0.4, 0.5) is 0 Å². The molecule has 1 fully saturated rings. The molecule has 0 aliphatic carbocycles. The quantitative estimate of drug-likeness (QED) is 0.686. The Morgan fingerprint density at radius 2 is 2.27 bits per heavy atom. The largest absolute Gasteiger partial charge is 0.396 e. The van der Waals surface area contributed by atoms with E-state index in [1.54, 1.807) is 0 Å². The molecule has 1 unspecified atom stereocenters. The molecule has 1 saturated heterocycles. The Kier molecular flexibility index (Phi) is 6.92. The molecule has 1 aliphatic heterocycles. The summed E-state index contributed by atoms with van der Waals surface area (Å²) in [5, 5.41) is 8.67. The van der Waals surface area contributed by atoms with Gasteiger partial charge in [0.2, 0.25) is 0 Å². The molecule has 0 bridgehead atoms. The summed E-state index contributed by atoms with van der Waals surface area (Å²) in [6, 6.07) is 0. The van der Waals surface area contributed by atoms with Gasteiger partial charge in [-0.05, 0) is 32.7 Å². The second-order valence-corrected chi connectivity index (χ2v) is 4.05. The lowest BCUT2D eigenvalue weighted by atomic mass is 10.2. The van der Waals surface area contributed by atoms with E-state index in [-0.39, 0.29) is 12.9 Å². The van der Waals surface area contributed by atoms with Crippen LogP contribution < -0.4 is 0 Å². The molecule has 0 saturated carbocycles. The van der Waals surface area contributed by atoms with Crippen molar-refractivity contribution < 1.29 is 14.6 Å². The number of hydrogen-bond acceptors (Lipinski definition) is 4. The minimum atomic E-state index is 0.0185. The molecule has 0 aromatic heterocycles. The van der Waals surface area contributed by atoms with E-state index in [1.165, 1.54) is 6.42 Å². The molecule has 1 N–H and O–H groups in total. The van der Waals surface area contributed by atoms with Crippen LogP contribution in [0.25, 0.3) is 0 Å². The molecule has 0 aromatic rings. The van der Waals surface area contributed by atoms with Crippen LogP contribution in [0.1, 0.15) is 25.7 Å². The van der Waals surface area contributed by atoms with Gasteiger partial charge >= 0.3 is 0 Å². The molecule has 0 amide bonds. The van der Waals surface area contributed by atoms with Gasteiger partial charge in [-0.2, -0.15) is 0 Å². The minimum Gasteiger partial charge on any atom is -0.396 e. The van der Waals surface area contributed by atoms with Gasteiger partial charge in [-0.25, -0.2) is 0 Å². The van der Waals surface area contributed by atoms with Crippen molar-refractivity contribution in [3.8, 4) is 0 Å². The number of ether oxygens (including phenoxy) is 2. The molecule has 15 heavy (non-hydrogen) atoms. The Bertz CT molecular complexity index is 149. The minimum absolute atomic E-state index is 0.0185. The zero-order valence-corrected chi connectivity index (χ0v) is 9.65. The summed E-state index contributed by atoms with van der Waals surface area (Å²) < 4.78 is 11.1. The molecule has 0 radical (unpaired) electrons. The van der Waals surface area contributed by atoms with Crippen LogP contribution in [0.2, 0.25) is 0 Å². The molecule has 1 heterocycles. The molecular formula is C11H23NO3. The third-order valence-electron chi connectivity index (χ3n) is 2.61. The summed E-state index contributed by atoms with van der Waals surface area (Å²) in [5.41, 5.74) is 0. The van der Waals surface area contributed by atoms with Gasteiger partial charge in [0.25, 0.3) is 0 Å². The van der Waals surface area contributed by atoms with E-state index in [4.69, 9.17) is 14.6 Å². The van der Waals surface area contributed by atoms with E-state index in [0.717, 1.165) is 39.0 Å². The number of nitrogens with zero attached hydrogens (tertiary/aromatic N) is 1. The summed E-state index contributed by atoms with van der Waals surface area (Å²) in [6.45, 7) is 3.64. The first-order chi connectivity index (χ1) is 7.33. The lowest BCUT2D eigenvalue weighted by Crippen LogP contribution is -2.29. The van der Waals surface area contributed by atoms with Crippen molar-refractivity contribution in [2.75, 3.05) is 40.0 Å². The summed E-state index contributed by atoms with van der Waals surface area (Å²) in [7, 11) is 2.04. The number of aliphatic hydroxyl groups excluding tert-OH is 1. The van der Waals surface area contributed by atoms with E-state index >= 15 is 0 Å². The van der Waals surface area contributed by atoms with Crippen LogP contribution in [0.3, 0.4) is 0 Å². The van der Waals surface area contributed by atoms with Crippen molar-refractivity contribution in [2.24, 2.45) is 0 Å². The summed E-state index contributed by atoms with van der Waals surface area (Å²) in [6.07, 6.45) is 4.25. The predicted octanol–water partition coefficient (Wildman–Crippen LogP) is 0.844. The summed E-state index contributed by atoms with van der Waals surface area (Å²) in [4.78, 5) is 2.17. The maximum atomic E-state index is 8.67. The monoisotopic (exact) mass is 217 g/mol. The Hall–Kier alpha value is -0.160. The van der Waals surface area contributed by atoms with Gasteiger partial charge < -0.3 is 19.5 Å². The number of aliphatic hydroxyl groups is 1. The summed E-state index contributed by atoms with van der Waals surface area (Å²) >= 11 is 0. The third-order valence-corrected chi connectivity index (χ3v) is 2.61. The van der Waals surface area contributed by atoms with Crippen molar-refractivity contribution >= 4 is 0 Å². The highest BCUT2D eigenvalue weighted by molar-refractivity contribution is 4.55. The lowest BCUT2D eigenvalue weighted by molar-refractivity contribution is -0.163. The van der Waals surface area contributed by atoms with Gasteiger partial charge in [-0.15, -0.1) is 0 Å². The van der Waals surface area contributed by atoms with Crippen molar-refractivity contribution in [2.45, 2.75) is 32.0 Å². The van der Waals surface area contributed by atoms with E-state index in [9.17, 15) is 0 Å². The third kappa shape index (κ3) is 6.10. The molecular weight excluding hydrogens is 194 g/mol. The Morgan fingerprint density at radius 1 is 1.40 bits per heavy atom. The van der Waals surface area contributed by atoms with Crippen LogP contribution >= 0.6 is 0 Å². The van der Waals surface area contributed by atoms with Crippen LogP contribution in [0.5, 0.6) is 0 Å². The summed E-state index contributed by atoms with van der Waals surface area (Å²) in [5.74, 6) is 0. The highest BCUT2D eigenvalue weighted by Gasteiger charge is 2.13. The Morgan fingerprint density at radius 3 is 2.93 bits per heavy atom. The zero-order chi connectivity index (χ0) is 10.9. The molecule has 4 nitrogen and oxygen atoms in total. The highest BCUT2D eigenvalue weighted by atomic mass is 16.7. The van der Waals surface area contributed by atoms with Gasteiger partial charge in [-0.1, -0.05) is 0 Å². The number of hydrogen-bond donors (Lipinski definition) is 1. The van der Waals surface area contributed by atoms with Crippen molar-refractivity contribution in [1.82, 2.24) is 4.90 Å². The zero-order valence-electron chi connectivity index (χ0n) is 9.65. The van der Waals surface area contributed by atoms with Gasteiger partial charge in [0.1, 0.15) is 0 Å². The van der Waals surface area contributed by atoms with E-state index in [2.05, 4.69) is 4.90 Å². The first kappa shape index (κ1) is 12.9. The van der Waals surface area contributed by atoms with Gasteiger partial charge in [0, 0.05) is 26.3 Å². The molecule has 0 aromatic carbocycles. The van der Waals surface area contributed by atoms with Gasteiger partial charge in [0.05, 0.1) is 6.61 Å². The van der Waals surface area contributed by atoms with Crippen molar-refractivity contribution in [1.29, 1.82) is 0 Å². The van der Waals surface area contributed by atoms with Gasteiger partial charge in [-0.3, -0.25) is 0 Å². The predicted molar refractivity (Wildman–Crippen MR) is 58.7 cm³/mol. The van der Waals surface area contributed by atoms with Crippen molar-refractivity contribution in [3.63, 3.8) is 0 Å². The first-order valence-corrected chi connectivity index (χ1v) is 5.85. The van der Waals surface area contributed by atoms with Crippen LogP contribution in [0, 0.1) is 0 Å². The van der Waals surface area contributed by atoms with Gasteiger partial charge in [0.15, 0.2) is 6.29 Å². The molecule has 1 aliphatic rings. The molecule has 4 heteroatoms. The molecule has 0 spiro atoms. The number of likely N-dealkylation sites (N-methyl/N-ethyl adjacent to an activating group) is 1. The topological polar surface area (TPSA) is 41.9 Å². The fourth-order valence-electron chi connectivity index (χ4n) is 1.64. The second-order valence-electron chi connectivity index (χ2n) is 4.05. The van der Waals surface area contributed by atoms with E-state index < -0.39 is 0 Å². The van der Waals surface area contributed by atoms with Crippen LogP contribution in [0.15, 0.2) is 0 Å². The lowest BCUT2D eigenvalue weighted by Gasteiger charge is -2.24. The second kappa shape index (κ2) is 8.05. The molecule has 1 atom stereocenters. The Labute approximate surface area is 92.2 Å². The fraction of sp³-hybridized carbons (Fsp3) is 1.00. The van der Waals surface area contributed by atoms with E-state index in [1.807, 2.05) is 7.05 Å². The average molecular weight is 217 g/mol. The fourth-order valence-corrected chi connectivity index (χ4v) is 1.64. The smallest absolute Gasteiger partial charge is 0.157 e. The molecule has 1 rings (SSSR count). The Balaban J connectivity index is 1.94. The first-order valence-electron chi connectivity index (χ1n) is 5.85. The normalized spacial score (nSPS) is 22.2. The van der Waals surface area contributed by atoms with E-state index in [0.29, 0.717) is 6.61 Å². The number of rotatable bonds is 7. The maximum absolute atomic E-state index is 8.67. The maximum Gasteiger partial charge on any atom is 0.157 e. The highest BCUT2D eigenvalue weighted by Crippen LogP contribution is 2.13. The van der Waals surface area contributed by atoms with Crippen LogP contribution in [-0.4, -0.2) is 56.3 Å². The van der Waals surface area contributed by atoms with Crippen LogP contribution in [-0.2, 0) is 9.47 Å². The average Bonchev–Trinajstić information content (AvgIpc) is 2.28. The standard InChI is InChI=1S/C11H23NO3/c1-12(6-4-8-13)7-10-15-11-5-2-3-9-14-11/h11,13H,2-10H2,1H3. The SMILES string of the molecule is CN(CCCO)CCOC1CCCCO1.